The van der Waals surface area contributed by atoms with E-state index in [9.17, 15) is 0 Å². The first-order valence-corrected chi connectivity index (χ1v) is 6.21. The summed E-state index contributed by atoms with van der Waals surface area (Å²) in [5.74, 6) is 0.346. The first-order valence-electron chi connectivity index (χ1n) is 5.68. The van der Waals surface area contributed by atoms with Crippen molar-refractivity contribution in [3.63, 3.8) is 0 Å². The highest BCUT2D eigenvalue weighted by molar-refractivity contribution is 6.28. The van der Waals surface area contributed by atoms with Crippen LogP contribution in [0.5, 0.6) is 0 Å². The molecule has 0 radical (unpaired) electrons. The number of rotatable bonds is 2. The predicted octanol–water partition coefficient (Wildman–Crippen LogP) is 3.16. The third-order valence-electron chi connectivity index (χ3n) is 1.40. The van der Waals surface area contributed by atoms with Gasteiger partial charge in [-0.2, -0.15) is 0 Å². The average Bonchev–Trinajstić information content (AvgIpc) is 2.08. The predicted molar refractivity (Wildman–Crippen MR) is 75.0 cm³/mol. The summed E-state index contributed by atoms with van der Waals surface area (Å²) in [5.41, 5.74) is 0.357. The molecular weight excluding hydrogens is 238 g/mol. The second-order valence-corrected chi connectivity index (χ2v) is 6.28. The van der Waals surface area contributed by atoms with E-state index in [1.54, 1.807) is 6.92 Å². The van der Waals surface area contributed by atoms with Crippen molar-refractivity contribution in [1.82, 2.24) is 5.32 Å². The van der Waals surface area contributed by atoms with Gasteiger partial charge in [0.05, 0.1) is 17.1 Å². The monoisotopic (exact) mass is 261 g/mol. The molecule has 0 rings (SSSR count). The molecule has 0 aromatic heterocycles. The molecule has 5 heteroatoms. The maximum absolute atomic E-state index is 5.63. The van der Waals surface area contributed by atoms with Crippen LogP contribution in [0.3, 0.4) is 0 Å². The van der Waals surface area contributed by atoms with Crippen molar-refractivity contribution < 1.29 is 4.84 Å². The largest absolute Gasteiger partial charge is 0.334 e. The Morgan fingerprint density at radius 1 is 1.18 bits per heavy atom. The molecule has 0 spiro atoms. The third-order valence-corrected chi connectivity index (χ3v) is 1.79. The van der Waals surface area contributed by atoms with E-state index in [1.807, 2.05) is 41.5 Å². The average molecular weight is 262 g/mol. The van der Waals surface area contributed by atoms with Crippen LogP contribution >= 0.6 is 11.6 Å². The van der Waals surface area contributed by atoms with Crippen LogP contribution in [-0.4, -0.2) is 28.7 Å². The fourth-order valence-corrected chi connectivity index (χ4v) is 0.891. The van der Waals surface area contributed by atoms with Gasteiger partial charge >= 0.3 is 6.02 Å². The van der Waals surface area contributed by atoms with Crippen molar-refractivity contribution in [2.24, 2.45) is 10.1 Å². The highest BCUT2D eigenvalue weighted by Crippen LogP contribution is 2.09. The summed E-state index contributed by atoms with van der Waals surface area (Å²) in [5, 5.41) is 7.07. The number of aliphatic imine (C=N–C) groups is 1. The Hall–Kier alpha value is -0.770. The molecule has 17 heavy (non-hydrogen) atoms. The second-order valence-electron chi connectivity index (χ2n) is 6.01. The second kappa shape index (κ2) is 6.24. The number of hydrogen-bond donors (Lipinski definition) is 1. The zero-order valence-corrected chi connectivity index (χ0v) is 12.6. The highest BCUT2D eigenvalue weighted by Gasteiger charge is 2.17. The summed E-state index contributed by atoms with van der Waals surface area (Å²) in [4.78, 5) is 9.72. The normalized spacial score (nSPS) is 14.8. The molecule has 0 unspecified atom stereocenters. The molecule has 0 saturated heterocycles. The van der Waals surface area contributed by atoms with Crippen LogP contribution in [0, 0.1) is 0 Å². The van der Waals surface area contributed by atoms with Gasteiger partial charge in [0.15, 0.2) is 0 Å². The van der Waals surface area contributed by atoms with Crippen LogP contribution in [0.2, 0.25) is 0 Å². The van der Waals surface area contributed by atoms with Crippen LogP contribution in [0.25, 0.3) is 0 Å². The summed E-state index contributed by atoms with van der Waals surface area (Å²) in [6, 6.07) is 0.412. The van der Waals surface area contributed by atoms with E-state index < -0.39 is 0 Å². The lowest BCUT2D eigenvalue weighted by Crippen LogP contribution is -2.42. The summed E-state index contributed by atoms with van der Waals surface area (Å²) < 4.78 is 0. The molecule has 0 aromatic carbocycles. The number of nitrogens with one attached hydrogen (secondary N) is 1. The minimum absolute atomic E-state index is 0.130. The molecule has 100 valence electrons. The Kier molecular flexibility index (Phi) is 5.96. The topological polar surface area (TPSA) is 46.0 Å². The van der Waals surface area contributed by atoms with E-state index in [1.165, 1.54) is 0 Å². The molecule has 0 aliphatic heterocycles. The Balaban J connectivity index is 4.82. The fourth-order valence-electron chi connectivity index (χ4n) is 0.842. The number of halogens is 1. The zero-order valence-electron chi connectivity index (χ0n) is 11.9. The van der Waals surface area contributed by atoms with E-state index >= 15 is 0 Å². The molecule has 0 bridgehead atoms. The summed E-state index contributed by atoms with van der Waals surface area (Å²) in [6.07, 6.45) is 0. The van der Waals surface area contributed by atoms with Crippen LogP contribution < -0.4 is 5.32 Å². The maximum Gasteiger partial charge on any atom is 0.315 e. The molecule has 0 aliphatic rings. The van der Waals surface area contributed by atoms with Crippen molar-refractivity contribution in [2.75, 3.05) is 5.88 Å². The third kappa shape index (κ3) is 10.1. The number of oxime groups is 1. The number of alkyl halides is 1. The van der Waals surface area contributed by atoms with E-state index in [-0.39, 0.29) is 11.1 Å². The molecule has 0 aromatic rings. The standard InChI is InChI=1S/C12H24ClN3O/c1-9(8-13)16-17-10(14-11(2,3)4)15-12(5,6)7/h8H2,1-7H3,(H,14,15). The van der Waals surface area contributed by atoms with Gasteiger partial charge in [-0.3, -0.25) is 0 Å². The van der Waals surface area contributed by atoms with Crippen LogP contribution in [-0.2, 0) is 4.84 Å². The van der Waals surface area contributed by atoms with E-state index in [2.05, 4.69) is 15.5 Å². The van der Waals surface area contributed by atoms with Crippen molar-refractivity contribution in [3.05, 3.63) is 0 Å². The van der Waals surface area contributed by atoms with Crippen molar-refractivity contribution >= 4 is 23.3 Å². The molecule has 1 N–H and O–H groups in total. The lowest BCUT2D eigenvalue weighted by Gasteiger charge is -2.23. The van der Waals surface area contributed by atoms with Gasteiger partial charge < -0.3 is 10.2 Å². The van der Waals surface area contributed by atoms with Gasteiger partial charge in [0, 0.05) is 5.54 Å². The van der Waals surface area contributed by atoms with Crippen molar-refractivity contribution in [1.29, 1.82) is 0 Å². The summed E-state index contributed by atoms with van der Waals surface area (Å²) in [7, 11) is 0. The van der Waals surface area contributed by atoms with Gasteiger partial charge in [0.1, 0.15) is 0 Å². The maximum atomic E-state index is 5.63. The number of nitrogens with zero attached hydrogens (tertiary/aromatic N) is 2. The molecule has 4 nitrogen and oxygen atoms in total. The van der Waals surface area contributed by atoms with Gasteiger partial charge in [-0.25, -0.2) is 4.99 Å². The van der Waals surface area contributed by atoms with Gasteiger partial charge in [-0.15, -0.1) is 11.6 Å². The molecule has 0 saturated carbocycles. The van der Waals surface area contributed by atoms with Gasteiger partial charge in [-0.05, 0) is 48.5 Å². The SMILES string of the molecule is CC(CCl)=NO/C(=N\C(C)(C)C)NC(C)(C)C. The highest BCUT2D eigenvalue weighted by atomic mass is 35.5. The number of amidine groups is 1. The summed E-state index contributed by atoms with van der Waals surface area (Å²) >= 11 is 5.63. The molecule has 0 fully saturated rings. The Labute approximate surface area is 109 Å². The molecular formula is C12H24ClN3O. The molecule has 0 amide bonds. The van der Waals surface area contributed by atoms with Gasteiger partial charge in [-0.1, -0.05) is 5.16 Å². The quantitative estimate of drug-likeness (QED) is 0.359. The first-order chi connectivity index (χ1) is 7.53. The minimum Gasteiger partial charge on any atom is -0.334 e. The molecule has 0 atom stereocenters. The smallest absolute Gasteiger partial charge is 0.315 e. The molecule has 0 aliphatic carbocycles. The van der Waals surface area contributed by atoms with Crippen LogP contribution in [0.1, 0.15) is 48.5 Å². The zero-order chi connectivity index (χ0) is 13.7. The fraction of sp³-hybridized carbons (Fsp3) is 0.833. The van der Waals surface area contributed by atoms with E-state index in [0.29, 0.717) is 17.6 Å². The van der Waals surface area contributed by atoms with E-state index in [4.69, 9.17) is 16.4 Å². The van der Waals surface area contributed by atoms with Gasteiger partial charge in [0.2, 0.25) is 0 Å². The van der Waals surface area contributed by atoms with Crippen molar-refractivity contribution in [3.8, 4) is 0 Å². The van der Waals surface area contributed by atoms with Crippen LogP contribution in [0.4, 0.5) is 0 Å². The lowest BCUT2D eigenvalue weighted by molar-refractivity contribution is 0.285. The van der Waals surface area contributed by atoms with E-state index in [0.717, 1.165) is 0 Å². The Bertz CT molecular complexity index is 298. The Morgan fingerprint density at radius 3 is 2.06 bits per heavy atom. The number of hydrogen-bond acceptors (Lipinski definition) is 3. The summed E-state index contributed by atoms with van der Waals surface area (Å²) in [6.45, 7) is 13.9. The van der Waals surface area contributed by atoms with Crippen molar-refractivity contribution in [2.45, 2.75) is 59.5 Å². The van der Waals surface area contributed by atoms with Gasteiger partial charge in [0.25, 0.3) is 0 Å². The lowest BCUT2D eigenvalue weighted by atomic mass is 10.1. The Morgan fingerprint density at radius 2 is 1.71 bits per heavy atom. The molecule has 0 heterocycles. The van der Waals surface area contributed by atoms with Crippen LogP contribution in [0.15, 0.2) is 10.1 Å². The first kappa shape index (κ1) is 16.2. The minimum atomic E-state index is -0.224.